The van der Waals surface area contributed by atoms with Gasteiger partial charge in [0.1, 0.15) is 6.23 Å². The fourth-order valence-electron chi connectivity index (χ4n) is 0.780. The maximum absolute atomic E-state index is 5.01. The van der Waals surface area contributed by atoms with Crippen molar-refractivity contribution < 1.29 is 4.74 Å². The summed E-state index contributed by atoms with van der Waals surface area (Å²) in [6, 6.07) is 0. The molecular formula is C7H16NO. The summed E-state index contributed by atoms with van der Waals surface area (Å²) in [7, 11) is 1.68. The molecule has 1 atom stereocenters. The Morgan fingerprint density at radius 2 is 1.89 bits per heavy atom. The van der Waals surface area contributed by atoms with E-state index in [9.17, 15) is 0 Å². The lowest BCUT2D eigenvalue weighted by Gasteiger charge is -2.24. The van der Waals surface area contributed by atoms with Crippen LogP contribution < -0.4 is 0 Å². The van der Waals surface area contributed by atoms with Crippen molar-refractivity contribution in [1.82, 2.24) is 4.90 Å². The molecule has 0 aliphatic rings. The van der Waals surface area contributed by atoms with Crippen LogP contribution in [0.25, 0.3) is 0 Å². The van der Waals surface area contributed by atoms with Gasteiger partial charge in [-0.25, -0.2) is 0 Å². The highest BCUT2D eigenvalue weighted by Gasteiger charge is 2.06. The molecule has 0 aliphatic heterocycles. The molecule has 2 heteroatoms. The van der Waals surface area contributed by atoms with Gasteiger partial charge in [-0.2, -0.15) is 0 Å². The Morgan fingerprint density at radius 1 is 1.44 bits per heavy atom. The van der Waals surface area contributed by atoms with Crippen LogP contribution in [0.4, 0.5) is 0 Å². The lowest BCUT2D eigenvalue weighted by Crippen LogP contribution is -2.34. The summed E-state index contributed by atoms with van der Waals surface area (Å²) in [5, 5.41) is 0. The van der Waals surface area contributed by atoms with Crippen molar-refractivity contribution in [3.8, 4) is 0 Å². The van der Waals surface area contributed by atoms with Crippen LogP contribution in [-0.4, -0.2) is 31.3 Å². The number of hydrogen-bond donors (Lipinski definition) is 0. The van der Waals surface area contributed by atoms with Gasteiger partial charge in [0.05, 0.1) is 0 Å². The Kier molecular flexibility index (Phi) is 4.72. The van der Waals surface area contributed by atoms with E-state index >= 15 is 0 Å². The van der Waals surface area contributed by atoms with E-state index in [0.717, 1.165) is 13.1 Å². The van der Waals surface area contributed by atoms with Crippen molar-refractivity contribution in [2.24, 2.45) is 0 Å². The number of rotatable bonds is 4. The van der Waals surface area contributed by atoms with E-state index in [4.69, 9.17) is 4.74 Å². The van der Waals surface area contributed by atoms with E-state index in [0.29, 0.717) is 0 Å². The Labute approximate surface area is 57.8 Å². The van der Waals surface area contributed by atoms with Gasteiger partial charge in [-0.1, -0.05) is 13.8 Å². The third kappa shape index (κ3) is 2.82. The summed E-state index contributed by atoms with van der Waals surface area (Å²) in [6.45, 7) is 10.00. The summed E-state index contributed by atoms with van der Waals surface area (Å²) in [5.41, 5.74) is 0. The summed E-state index contributed by atoms with van der Waals surface area (Å²) in [5.74, 6) is 0. The summed E-state index contributed by atoms with van der Waals surface area (Å²) >= 11 is 0. The van der Waals surface area contributed by atoms with E-state index in [2.05, 4.69) is 25.7 Å². The highest BCUT2D eigenvalue weighted by atomic mass is 16.5. The molecular weight excluding hydrogens is 114 g/mol. The van der Waals surface area contributed by atoms with E-state index < -0.39 is 0 Å². The molecule has 0 aliphatic carbocycles. The third-order valence-corrected chi connectivity index (χ3v) is 1.49. The van der Waals surface area contributed by atoms with Gasteiger partial charge in [-0.3, -0.25) is 4.90 Å². The van der Waals surface area contributed by atoms with Crippen molar-refractivity contribution in [2.75, 3.05) is 20.2 Å². The second-order valence-electron chi connectivity index (χ2n) is 1.91. The highest BCUT2D eigenvalue weighted by Crippen LogP contribution is 1.96. The first kappa shape index (κ1) is 8.92. The smallest absolute Gasteiger partial charge is 0.110 e. The first-order valence-corrected chi connectivity index (χ1v) is 3.36. The van der Waals surface area contributed by atoms with E-state index in [1.54, 1.807) is 7.11 Å². The van der Waals surface area contributed by atoms with Gasteiger partial charge in [0.25, 0.3) is 0 Å². The fourth-order valence-corrected chi connectivity index (χ4v) is 0.780. The second-order valence-corrected chi connectivity index (χ2v) is 1.91. The largest absolute Gasteiger partial charge is 0.366 e. The normalized spacial score (nSPS) is 14.3. The van der Waals surface area contributed by atoms with Gasteiger partial charge in [-0.15, -0.1) is 0 Å². The molecule has 0 saturated heterocycles. The van der Waals surface area contributed by atoms with Gasteiger partial charge in [0, 0.05) is 7.11 Å². The van der Waals surface area contributed by atoms with Crippen LogP contribution >= 0.6 is 0 Å². The number of ether oxygens (including phenoxy) is 1. The molecule has 0 amide bonds. The van der Waals surface area contributed by atoms with E-state index in [1.807, 2.05) is 0 Å². The van der Waals surface area contributed by atoms with Gasteiger partial charge < -0.3 is 4.74 Å². The maximum atomic E-state index is 5.01. The molecule has 9 heavy (non-hydrogen) atoms. The zero-order valence-electron chi connectivity index (χ0n) is 6.55. The first-order valence-electron chi connectivity index (χ1n) is 3.36. The monoisotopic (exact) mass is 130 g/mol. The van der Waals surface area contributed by atoms with Crippen LogP contribution in [0, 0.1) is 6.92 Å². The average molecular weight is 130 g/mol. The molecule has 0 saturated carbocycles. The lowest BCUT2D eigenvalue weighted by atomic mass is 10.4. The Morgan fingerprint density at radius 3 is 2.00 bits per heavy atom. The minimum atomic E-state index is 0.0139. The second kappa shape index (κ2) is 4.77. The van der Waals surface area contributed by atoms with Crippen molar-refractivity contribution in [2.45, 2.75) is 20.1 Å². The minimum absolute atomic E-state index is 0.0139. The van der Waals surface area contributed by atoms with E-state index in [1.165, 1.54) is 0 Å². The number of methoxy groups -OCH3 is 1. The Balaban J connectivity index is 3.50. The summed E-state index contributed by atoms with van der Waals surface area (Å²) in [4.78, 5) is 2.14. The van der Waals surface area contributed by atoms with Crippen LogP contribution in [0.3, 0.4) is 0 Å². The molecule has 0 aromatic heterocycles. The quantitative estimate of drug-likeness (QED) is 0.529. The van der Waals surface area contributed by atoms with Gasteiger partial charge in [0.15, 0.2) is 0 Å². The minimum Gasteiger partial charge on any atom is -0.366 e. The van der Waals surface area contributed by atoms with Crippen LogP contribution in [0.5, 0.6) is 0 Å². The molecule has 0 spiro atoms. The molecule has 0 fully saturated rings. The van der Waals surface area contributed by atoms with Crippen LogP contribution in [-0.2, 0) is 4.74 Å². The molecule has 0 bridgehead atoms. The Bertz CT molecular complexity index is 61.9. The van der Waals surface area contributed by atoms with Gasteiger partial charge >= 0.3 is 0 Å². The zero-order chi connectivity index (χ0) is 7.28. The Hall–Kier alpha value is -0.0800. The molecule has 1 radical (unpaired) electrons. The first-order chi connectivity index (χ1) is 4.26. The molecule has 0 aromatic rings. The predicted octanol–water partition coefficient (Wildman–Crippen LogP) is 1.13. The van der Waals surface area contributed by atoms with Crippen LogP contribution in [0.1, 0.15) is 13.8 Å². The molecule has 55 valence electrons. The SMILES string of the molecule is [CH2]C(OC)N(CC)CC. The van der Waals surface area contributed by atoms with Crippen molar-refractivity contribution in [3.05, 3.63) is 6.92 Å². The van der Waals surface area contributed by atoms with E-state index in [-0.39, 0.29) is 6.23 Å². The summed E-state index contributed by atoms with van der Waals surface area (Å²) in [6.07, 6.45) is 0.0139. The molecule has 2 nitrogen and oxygen atoms in total. The highest BCUT2D eigenvalue weighted by molar-refractivity contribution is 4.60. The number of hydrogen-bond acceptors (Lipinski definition) is 2. The molecule has 0 N–H and O–H groups in total. The summed E-state index contributed by atoms with van der Waals surface area (Å²) < 4.78 is 5.01. The predicted molar refractivity (Wildman–Crippen MR) is 39.1 cm³/mol. The number of nitrogens with zero attached hydrogens (tertiary/aromatic N) is 1. The zero-order valence-corrected chi connectivity index (χ0v) is 6.55. The van der Waals surface area contributed by atoms with Crippen LogP contribution in [0.15, 0.2) is 0 Å². The molecule has 0 heterocycles. The maximum Gasteiger partial charge on any atom is 0.110 e. The molecule has 0 aromatic carbocycles. The van der Waals surface area contributed by atoms with Gasteiger partial charge in [-0.05, 0) is 20.0 Å². The third-order valence-electron chi connectivity index (χ3n) is 1.49. The molecule has 1 unspecified atom stereocenters. The van der Waals surface area contributed by atoms with Crippen LogP contribution in [0.2, 0.25) is 0 Å². The topological polar surface area (TPSA) is 12.5 Å². The van der Waals surface area contributed by atoms with Crippen molar-refractivity contribution in [1.29, 1.82) is 0 Å². The molecule has 0 rings (SSSR count). The van der Waals surface area contributed by atoms with Crippen molar-refractivity contribution >= 4 is 0 Å². The lowest BCUT2D eigenvalue weighted by molar-refractivity contribution is 0.00649. The fraction of sp³-hybridized carbons (Fsp3) is 0.857. The van der Waals surface area contributed by atoms with Crippen molar-refractivity contribution in [3.63, 3.8) is 0 Å². The average Bonchev–Trinajstić information content (AvgIpc) is 1.90. The van der Waals surface area contributed by atoms with Gasteiger partial charge in [0.2, 0.25) is 0 Å². The standard InChI is InChI=1S/C7H16NO/c1-5-8(6-2)7(3)9-4/h7H,3,5-6H2,1-2,4H3.